The molecular weight excluding hydrogens is 397 g/mol. The largest absolute Gasteiger partial charge is 0.490 e. The molecule has 0 spiro atoms. The molecule has 0 unspecified atom stereocenters. The second kappa shape index (κ2) is 12.2. The summed E-state index contributed by atoms with van der Waals surface area (Å²) in [5.74, 6) is -0.573. The Morgan fingerprint density at radius 2 is 1.77 bits per heavy atom. The van der Waals surface area contributed by atoms with Crippen molar-refractivity contribution >= 4 is 5.97 Å². The molecule has 1 N–H and O–H groups in total. The van der Waals surface area contributed by atoms with Crippen LogP contribution in [0.25, 0.3) is 0 Å². The fraction of sp³-hybridized carbons (Fsp3) is 0.435. The van der Waals surface area contributed by atoms with Crippen molar-refractivity contribution in [1.29, 1.82) is 0 Å². The number of unbranched alkanes of at least 4 members (excludes halogenated alkanes) is 1. The highest BCUT2D eigenvalue weighted by Crippen LogP contribution is 2.31. The van der Waals surface area contributed by atoms with E-state index < -0.39 is 17.7 Å². The number of allylic oxidation sites excluding steroid dienone is 3. The highest BCUT2D eigenvalue weighted by atomic mass is 19.4. The van der Waals surface area contributed by atoms with Gasteiger partial charge in [-0.3, -0.25) is 4.79 Å². The average molecular weight is 424 g/mol. The molecule has 30 heavy (non-hydrogen) atoms. The molecule has 0 saturated carbocycles. The van der Waals surface area contributed by atoms with Gasteiger partial charge in [-0.15, -0.1) is 0 Å². The fourth-order valence-corrected chi connectivity index (χ4v) is 2.79. The monoisotopic (exact) mass is 424 g/mol. The number of hydrogen-bond acceptors (Lipinski definition) is 3. The number of ether oxygens (including phenoxy) is 2. The van der Waals surface area contributed by atoms with Crippen LogP contribution in [0.3, 0.4) is 0 Å². The number of carboxylic acids is 1. The van der Waals surface area contributed by atoms with Crippen LogP contribution in [0.4, 0.5) is 13.2 Å². The maximum atomic E-state index is 12.7. The van der Waals surface area contributed by atoms with Gasteiger partial charge in [-0.1, -0.05) is 42.5 Å². The summed E-state index contributed by atoms with van der Waals surface area (Å²) in [5.41, 5.74) is -0.722. The molecule has 0 amide bonds. The molecule has 2 atom stereocenters. The molecule has 0 radical (unpaired) electrons. The second-order valence-electron chi connectivity index (χ2n) is 6.96. The van der Waals surface area contributed by atoms with Gasteiger partial charge in [0.05, 0.1) is 17.8 Å². The Balaban J connectivity index is 1.53. The van der Waals surface area contributed by atoms with Crippen LogP contribution in [-0.2, 0) is 15.7 Å². The number of alkyl halides is 3. The Bertz CT molecular complexity index is 753. The standard InChI is InChI=1S/C23H27F3O4/c24-23(25,26)18-11-10-12-19(17-18)29-16-9-8-14-21-20(30-21)13-6-4-2-1-3-5-7-15-22(27)28/h1,3-4,6,8-12,17,20-21H,2,5,7,13-16H2,(H,27,28)/b3-1+,6-4+,9-8+/t20-,21+/m0/s1. The summed E-state index contributed by atoms with van der Waals surface area (Å²) in [4.78, 5) is 10.4. The molecule has 1 fully saturated rings. The first-order chi connectivity index (χ1) is 14.4. The van der Waals surface area contributed by atoms with Crippen molar-refractivity contribution in [2.24, 2.45) is 0 Å². The lowest BCUT2D eigenvalue weighted by Gasteiger charge is -2.08. The summed E-state index contributed by atoms with van der Waals surface area (Å²) in [6, 6.07) is 4.83. The van der Waals surface area contributed by atoms with Crippen LogP contribution in [0.15, 0.2) is 60.7 Å². The van der Waals surface area contributed by atoms with Crippen molar-refractivity contribution in [3.8, 4) is 5.75 Å². The van der Waals surface area contributed by atoms with Crippen LogP contribution in [0.5, 0.6) is 5.75 Å². The number of benzene rings is 1. The first kappa shape index (κ1) is 23.7. The minimum atomic E-state index is -4.37. The van der Waals surface area contributed by atoms with Gasteiger partial charge < -0.3 is 14.6 Å². The lowest BCUT2D eigenvalue weighted by atomic mass is 10.1. The van der Waals surface area contributed by atoms with Crippen molar-refractivity contribution in [2.75, 3.05) is 6.61 Å². The summed E-state index contributed by atoms with van der Waals surface area (Å²) in [6.45, 7) is 0.206. The highest BCUT2D eigenvalue weighted by molar-refractivity contribution is 5.66. The van der Waals surface area contributed by atoms with Gasteiger partial charge in [-0.25, -0.2) is 0 Å². The lowest BCUT2D eigenvalue weighted by Crippen LogP contribution is -2.05. The van der Waals surface area contributed by atoms with Crippen molar-refractivity contribution in [3.63, 3.8) is 0 Å². The SMILES string of the molecule is O=C(O)CCC/C=C/C/C=C/C[C@@H]1O[C@@H]1C/C=C/COc1cccc(C(F)(F)F)c1. The maximum Gasteiger partial charge on any atom is 0.416 e. The molecule has 0 aliphatic carbocycles. The molecule has 1 aromatic carbocycles. The summed E-state index contributed by atoms with van der Waals surface area (Å²) in [7, 11) is 0. The number of rotatable bonds is 13. The predicted octanol–water partition coefficient (Wildman–Crippen LogP) is 5.95. The molecule has 1 saturated heterocycles. The predicted molar refractivity (Wildman–Crippen MR) is 108 cm³/mol. The normalized spacial score (nSPS) is 19.2. The maximum absolute atomic E-state index is 12.7. The number of carboxylic acid groups (broad SMARTS) is 1. The Morgan fingerprint density at radius 3 is 2.47 bits per heavy atom. The van der Waals surface area contributed by atoms with E-state index in [9.17, 15) is 18.0 Å². The molecule has 164 valence electrons. The third-order valence-electron chi connectivity index (χ3n) is 4.47. The quantitative estimate of drug-likeness (QED) is 0.242. The first-order valence-electron chi connectivity index (χ1n) is 9.98. The molecule has 1 heterocycles. The Hall–Kier alpha value is -2.54. The number of hydrogen-bond donors (Lipinski definition) is 1. The first-order valence-corrected chi connectivity index (χ1v) is 9.98. The molecule has 1 aliphatic rings. The van der Waals surface area contributed by atoms with Gasteiger partial charge in [0.1, 0.15) is 12.4 Å². The van der Waals surface area contributed by atoms with Gasteiger partial charge in [0.15, 0.2) is 0 Å². The van der Waals surface area contributed by atoms with Gasteiger partial charge in [0.2, 0.25) is 0 Å². The number of aliphatic carboxylic acids is 1. The van der Waals surface area contributed by atoms with Crippen LogP contribution in [0, 0.1) is 0 Å². The number of halogens is 3. The highest BCUT2D eigenvalue weighted by Gasteiger charge is 2.36. The number of carbonyl (C=O) groups is 1. The van der Waals surface area contributed by atoms with Crippen LogP contribution >= 0.6 is 0 Å². The van der Waals surface area contributed by atoms with E-state index >= 15 is 0 Å². The topological polar surface area (TPSA) is 59.1 Å². The minimum Gasteiger partial charge on any atom is -0.490 e. The Kier molecular flexibility index (Phi) is 9.67. The molecule has 2 rings (SSSR count). The summed E-state index contributed by atoms with van der Waals surface area (Å²) >= 11 is 0. The fourth-order valence-electron chi connectivity index (χ4n) is 2.79. The zero-order valence-electron chi connectivity index (χ0n) is 16.7. The van der Waals surface area contributed by atoms with Gasteiger partial charge in [-0.05, 0) is 50.3 Å². The summed E-state index contributed by atoms with van der Waals surface area (Å²) < 4.78 is 48.9. The Labute approximate surface area is 174 Å². The van der Waals surface area contributed by atoms with Crippen molar-refractivity contribution in [2.45, 2.75) is 56.9 Å². The molecule has 7 heteroatoms. The minimum absolute atomic E-state index is 0.172. The molecular formula is C23H27F3O4. The molecule has 1 aliphatic heterocycles. The van der Waals surface area contributed by atoms with E-state index in [4.69, 9.17) is 14.6 Å². The molecule has 0 aromatic heterocycles. The van der Waals surface area contributed by atoms with Crippen molar-refractivity contribution in [1.82, 2.24) is 0 Å². The van der Waals surface area contributed by atoms with Crippen molar-refractivity contribution in [3.05, 3.63) is 66.3 Å². The molecule has 1 aromatic rings. The molecule has 0 bridgehead atoms. The number of epoxide rings is 1. The van der Waals surface area contributed by atoms with Crippen LogP contribution in [0.2, 0.25) is 0 Å². The van der Waals surface area contributed by atoms with Crippen LogP contribution in [0.1, 0.15) is 44.1 Å². The van der Waals surface area contributed by atoms with E-state index in [2.05, 4.69) is 12.2 Å². The smallest absolute Gasteiger partial charge is 0.416 e. The van der Waals surface area contributed by atoms with E-state index in [1.54, 1.807) is 6.08 Å². The van der Waals surface area contributed by atoms with Gasteiger partial charge in [-0.2, -0.15) is 13.2 Å². The summed E-state index contributed by atoms with van der Waals surface area (Å²) in [5, 5.41) is 8.54. The van der Waals surface area contributed by atoms with E-state index in [1.807, 2.05) is 18.2 Å². The van der Waals surface area contributed by atoms with Crippen LogP contribution < -0.4 is 4.74 Å². The zero-order chi connectivity index (χ0) is 21.8. The van der Waals surface area contributed by atoms with Crippen LogP contribution in [-0.4, -0.2) is 29.9 Å². The molecule has 4 nitrogen and oxygen atoms in total. The van der Waals surface area contributed by atoms with E-state index in [1.165, 1.54) is 12.1 Å². The third-order valence-corrected chi connectivity index (χ3v) is 4.47. The van der Waals surface area contributed by atoms with Crippen molar-refractivity contribution < 1.29 is 32.5 Å². The van der Waals surface area contributed by atoms with E-state index in [0.717, 1.165) is 37.8 Å². The lowest BCUT2D eigenvalue weighted by molar-refractivity contribution is -0.138. The van der Waals surface area contributed by atoms with Gasteiger partial charge in [0.25, 0.3) is 0 Å². The van der Waals surface area contributed by atoms with Gasteiger partial charge in [0, 0.05) is 6.42 Å². The Morgan fingerprint density at radius 1 is 1.07 bits per heavy atom. The van der Waals surface area contributed by atoms with E-state index in [0.29, 0.717) is 6.42 Å². The van der Waals surface area contributed by atoms with E-state index in [-0.39, 0.29) is 31.0 Å². The third kappa shape index (κ3) is 9.78. The zero-order valence-corrected chi connectivity index (χ0v) is 16.7. The summed E-state index contributed by atoms with van der Waals surface area (Å²) in [6.07, 6.45) is 11.9. The van der Waals surface area contributed by atoms with Gasteiger partial charge >= 0.3 is 12.1 Å². The second-order valence-corrected chi connectivity index (χ2v) is 6.96. The average Bonchev–Trinajstić information content (AvgIpc) is 3.44.